The third-order valence-corrected chi connectivity index (χ3v) is 18.6. The van der Waals surface area contributed by atoms with Crippen molar-refractivity contribution >= 4 is 51.8 Å². The number of carbonyl (C=O) groups is 6. The molecule has 22 nitrogen and oxygen atoms in total. The largest absolute Gasteiger partial charge is 0.419 e. The average molecular weight is 1280 g/mol. The number of amides is 4. The Kier molecular flexibility index (Phi) is 27.0. The van der Waals surface area contributed by atoms with Crippen LogP contribution in [0.5, 0.6) is 0 Å². The van der Waals surface area contributed by atoms with Crippen molar-refractivity contribution in [2.45, 2.75) is 171 Å². The second kappa shape index (κ2) is 35.4. The van der Waals surface area contributed by atoms with Crippen LogP contribution in [0.25, 0.3) is 21.3 Å². The van der Waals surface area contributed by atoms with E-state index in [4.69, 9.17) is 26.7 Å². The molecule has 0 radical (unpaired) electrons. The first-order valence-electron chi connectivity index (χ1n) is 33.6. The molecular weight excluding hydrogens is 1180 g/mol. The number of hydrogen-bond donors (Lipinski definition) is 5. The molecule has 1 aliphatic heterocycles. The monoisotopic (exact) mass is 1280 g/mol. The molecule has 2 bridgehead atoms. The number of H-pyrrole nitrogens is 1. The van der Waals surface area contributed by atoms with Crippen LogP contribution in [-0.4, -0.2) is 147 Å². The normalized spacial score (nSPS) is 16.7. The Morgan fingerprint density at radius 2 is 1.18 bits per heavy atom. The minimum Gasteiger partial charge on any atom is -0.377 e. The highest BCUT2D eigenvalue weighted by atomic mass is 16.5. The van der Waals surface area contributed by atoms with Gasteiger partial charge in [0.15, 0.2) is 0 Å². The molecule has 4 aliphatic rings. The van der Waals surface area contributed by atoms with Crippen LogP contribution in [0.2, 0.25) is 0 Å². The molecule has 1 saturated heterocycles. The van der Waals surface area contributed by atoms with E-state index in [1.807, 2.05) is 6.07 Å². The first kappa shape index (κ1) is 71.0. The van der Waals surface area contributed by atoms with E-state index in [1.165, 1.54) is 28.0 Å². The number of anilines is 1. The number of unbranched alkanes of at least 4 members (excludes halogenated alkanes) is 12. The number of nitrogens with one attached hydrogen (secondary N) is 2. The lowest BCUT2D eigenvalue weighted by atomic mass is 9.51. The Morgan fingerprint density at radius 3 is 1.75 bits per heavy atom. The summed E-state index contributed by atoms with van der Waals surface area (Å²) in [5, 5.41) is 7.09. The van der Waals surface area contributed by atoms with Crippen molar-refractivity contribution in [3.05, 3.63) is 154 Å². The number of ketones is 2. The lowest BCUT2D eigenvalue weighted by Gasteiger charge is -2.51. The Hall–Kier alpha value is -7.85. The molecule has 500 valence electrons. The molecule has 1 fully saturated rings. The zero-order valence-corrected chi connectivity index (χ0v) is 54.4. The van der Waals surface area contributed by atoms with Gasteiger partial charge in [-0.25, -0.2) is 9.59 Å². The molecule has 5 aromatic rings. The van der Waals surface area contributed by atoms with Gasteiger partial charge in [-0.3, -0.25) is 33.8 Å². The van der Waals surface area contributed by atoms with Crippen LogP contribution >= 0.6 is 0 Å². The number of azide groups is 1. The zero-order chi connectivity index (χ0) is 66.3. The topological polar surface area (TPSA) is 333 Å². The van der Waals surface area contributed by atoms with Crippen LogP contribution in [0.1, 0.15) is 196 Å². The lowest BCUT2D eigenvalue weighted by Crippen LogP contribution is -2.47. The maximum Gasteiger partial charge on any atom is 0.419 e. The maximum atomic E-state index is 14.6. The van der Waals surface area contributed by atoms with Crippen molar-refractivity contribution in [2.24, 2.45) is 22.3 Å². The van der Waals surface area contributed by atoms with Crippen LogP contribution in [0.15, 0.2) is 91.9 Å². The van der Waals surface area contributed by atoms with Crippen molar-refractivity contribution in [2.75, 3.05) is 85.1 Å². The number of likely N-dealkylation sites (N-methyl/N-ethyl adjacent to an activating group) is 2. The van der Waals surface area contributed by atoms with Crippen LogP contribution in [-0.2, 0) is 51.7 Å². The molecule has 0 spiro atoms. The molecule has 8 N–H and O–H groups in total. The number of aromatic nitrogens is 1. The molecule has 2 atom stereocenters. The van der Waals surface area contributed by atoms with E-state index in [-0.39, 0.29) is 123 Å². The van der Waals surface area contributed by atoms with Crippen molar-refractivity contribution in [1.29, 1.82) is 0 Å². The maximum absolute atomic E-state index is 14.6. The highest BCUT2D eigenvalue weighted by Gasteiger charge is 2.52. The van der Waals surface area contributed by atoms with Crippen molar-refractivity contribution in [3.8, 4) is 0 Å². The molecule has 2 heterocycles. The van der Waals surface area contributed by atoms with E-state index < -0.39 is 34.8 Å². The van der Waals surface area contributed by atoms with Crippen LogP contribution in [0.4, 0.5) is 5.69 Å². The highest BCUT2D eigenvalue weighted by Crippen LogP contribution is 2.61. The third-order valence-electron chi connectivity index (χ3n) is 18.6. The van der Waals surface area contributed by atoms with Crippen LogP contribution < -0.4 is 33.9 Å². The van der Waals surface area contributed by atoms with E-state index in [0.717, 1.165) is 141 Å². The van der Waals surface area contributed by atoms with Gasteiger partial charge in [0, 0.05) is 99.7 Å². The Labute approximate surface area is 544 Å². The Bertz CT molecular complexity index is 3380. The fraction of sp³-hybridized carbons (Fsp3) is 0.549. The van der Waals surface area contributed by atoms with Crippen molar-refractivity contribution in [1.82, 2.24) is 19.7 Å². The number of carbonyl (C=O) groups excluding carboxylic acids is 6. The predicted octanol–water partition coefficient (Wildman–Crippen LogP) is 9.01. The van der Waals surface area contributed by atoms with Gasteiger partial charge in [0.25, 0.3) is 5.91 Å². The molecular formula is C71H95N11O11. The number of nitrogens with zero attached hydrogens (tertiary/aromatic N) is 6. The molecule has 4 aromatic carbocycles. The zero-order valence-electron chi connectivity index (χ0n) is 54.4. The number of Topliss-reactive ketones (excluding diaryl/α,β-unsaturated/α-hetero) is 2. The lowest BCUT2D eigenvalue weighted by molar-refractivity contribution is -0.135. The summed E-state index contributed by atoms with van der Waals surface area (Å²) in [7, 11) is 3.35. The standard InChI is InChI=1S/C71H95N11O11/c1-80(34-36-91-38-39-92-37-35-81(2)68(88)63-46-52(78-79-75)47-82(63)67(87)50-23-27-58-62(44-50)77-70(90)93-69(58)89)65(86)29-30-71-59-42-48(40-53(83)18-12-6-3-9-15-31-72)21-25-55(59)66(56-26-22-49(43-60(56)71)41-54(84)19-13-7-4-10-16-32-73)57-28-24-51(45-61(57)71)76-64(85)20-14-8-5-11-17-33-74/h21-28,42-45,52,63,66H,3-20,29-41,46-47,72-74H2,1-2H3,(H,76,85)(H,77,90)/t52-,63-,66?,71?/m0/s1. The Balaban J connectivity index is 0.941. The van der Waals surface area contributed by atoms with Crippen LogP contribution in [0, 0.1) is 0 Å². The second-order valence-corrected chi connectivity index (χ2v) is 25.3. The summed E-state index contributed by atoms with van der Waals surface area (Å²) in [6, 6.07) is 21.5. The minimum atomic E-state index is -0.976. The number of aromatic amines is 1. The molecule has 0 saturated carbocycles. The minimum absolute atomic E-state index is 0.0174. The molecule has 0 unspecified atom stereocenters. The summed E-state index contributed by atoms with van der Waals surface area (Å²) in [6.45, 7) is 3.20. The number of benzene rings is 4. The number of hydrogen-bond acceptors (Lipinski definition) is 15. The summed E-state index contributed by atoms with van der Waals surface area (Å²) in [5.41, 5.74) is 33.6. The van der Waals surface area contributed by atoms with Crippen LogP contribution in [0.3, 0.4) is 0 Å². The Morgan fingerprint density at radius 1 is 0.656 bits per heavy atom. The number of ether oxygens (including phenoxy) is 2. The fourth-order valence-corrected chi connectivity index (χ4v) is 13.6. The van der Waals surface area contributed by atoms with E-state index in [0.29, 0.717) is 51.0 Å². The summed E-state index contributed by atoms with van der Waals surface area (Å²) in [4.78, 5) is 117. The van der Waals surface area contributed by atoms with Gasteiger partial charge in [-0.1, -0.05) is 105 Å². The molecule has 3 aliphatic carbocycles. The number of rotatable bonds is 41. The quantitative estimate of drug-likeness (QED) is 0.0106. The summed E-state index contributed by atoms with van der Waals surface area (Å²) < 4.78 is 16.4. The van der Waals surface area contributed by atoms with E-state index in [1.54, 1.807) is 19.0 Å². The first-order valence-corrected chi connectivity index (χ1v) is 33.6. The van der Waals surface area contributed by atoms with E-state index in [9.17, 15) is 43.9 Å². The molecule has 93 heavy (non-hydrogen) atoms. The van der Waals surface area contributed by atoms with Gasteiger partial charge in [-0.05, 0) is 151 Å². The fourth-order valence-electron chi connectivity index (χ4n) is 13.6. The summed E-state index contributed by atoms with van der Waals surface area (Å²) >= 11 is 0. The molecule has 1 aromatic heterocycles. The predicted molar refractivity (Wildman–Crippen MR) is 358 cm³/mol. The van der Waals surface area contributed by atoms with Gasteiger partial charge < -0.3 is 51.1 Å². The van der Waals surface area contributed by atoms with Gasteiger partial charge in [-0.2, -0.15) is 0 Å². The number of fused-ring (bicyclic) bond motifs is 1. The summed E-state index contributed by atoms with van der Waals surface area (Å²) in [6.07, 6.45) is 17.0. The highest BCUT2D eigenvalue weighted by molar-refractivity contribution is 6.00. The van der Waals surface area contributed by atoms with Gasteiger partial charge in [0.1, 0.15) is 17.6 Å². The average Bonchev–Trinajstić information content (AvgIpc) is 0.887. The van der Waals surface area contributed by atoms with Gasteiger partial charge >= 0.3 is 11.4 Å². The number of nitrogens with two attached hydrogens (primary N) is 3. The molecule has 22 heteroatoms. The van der Waals surface area contributed by atoms with Crippen molar-refractivity contribution in [3.63, 3.8) is 0 Å². The van der Waals surface area contributed by atoms with Gasteiger partial charge in [0.2, 0.25) is 17.7 Å². The van der Waals surface area contributed by atoms with E-state index >= 15 is 0 Å². The third kappa shape index (κ3) is 18.7. The van der Waals surface area contributed by atoms with Gasteiger partial charge in [0.05, 0.1) is 43.4 Å². The number of likely N-dealkylation sites (tertiary alicyclic amines) is 1. The first-order chi connectivity index (χ1) is 45.1. The van der Waals surface area contributed by atoms with E-state index in [2.05, 4.69) is 73.3 Å². The summed E-state index contributed by atoms with van der Waals surface area (Å²) in [5.74, 6) is -1.91. The second-order valence-electron chi connectivity index (χ2n) is 25.3. The van der Waals surface area contributed by atoms with Gasteiger partial charge in [-0.15, -0.1) is 0 Å². The smallest absolute Gasteiger partial charge is 0.377 e. The molecule has 4 amide bonds. The molecule has 9 rings (SSSR count). The van der Waals surface area contributed by atoms with Crippen molar-refractivity contribution < 1.29 is 42.7 Å². The SMILES string of the molecule is CN(CCOCCOCCN(C)C(=O)[C@@H]1C[C@H](N=[N+]=[N-])CN1C(=O)c1ccc2c(=O)oc(=O)[nH]c2c1)C(=O)CCC12c3cc(CC(=O)CCCCCCCN)ccc3C(c3ccc(CC(=O)CCCCCCCN)cc31)c1ccc(NC(=O)CCCCCCCN)cc12.